The molecule has 24 heavy (non-hydrogen) atoms. The van der Waals surface area contributed by atoms with E-state index in [0.717, 1.165) is 18.2 Å². The largest absolute Gasteiger partial charge is 0.496 e. The van der Waals surface area contributed by atoms with E-state index in [1.807, 2.05) is 0 Å². The quantitative estimate of drug-likeness (QED) is 0.764. The number of hydrogen-bond acceptors (Lipinski definition) is 4. The van der Waals surface area contributed by atoms with Crippen molar-refractivity contribution >= 4 is 35.1 Å². The maximum atomic E-state index is 12.4. The molecule has 7 nitrogen and oxygen atoms in total. The number of carbonyl (C=O) groups is 3. The molecule has 0 spiro atoms. The summed E-state index contributed by atoms with van der Waals surface area (Å²) in [6.45, 7) is 0. The van der Waals surface area contributed by atoms with Gasteiger partial charge in [-0.25, -0.2) is 9.59 Å². The standard InChI is InChI=1S/C16H12ClNO6/c1-24-13-3-2-10(17)7-12(13)14(19)18-11-5-8(15(20)21)4-9(6-11)16(22)23/h2-7H,1H3,(H,18,19)(H,20,21)(H,22,23). The van der Waals surface area contributed by atoms with Gasteiger partial charge in [-0.3, -0.25) is 4.79 Å². The van der Waals surface area contributed by atoms with Crippen molar-refractivity contribution in [2.24, 2.45) is 0 Å². The summed E-state index contributed by atoms with van der Waals surface area (Å²) in [7, 11) is 1.38. The number of carbonyl (C=O) groups excluding carboxylic acids is 1. The van der Waals surface area contributed by atoms with Gasteiger partial charge >= 0.3 is 11.9 Å². The van der Waals surface area contributed by atoms with Crippen molar-refractivity contribution in [3.05, 3.63) is 58.1 Å². The molecule has 0 unspecified atom stereocenters. The first-order chi connectivity index (χ1) is 11.3. The van der Waals surface area contributed by atoms with Crippen LogP contribution in [0.2, 0.25) is 5.02 Å². The SMILES string of the molecule is COc1ccc(Cl)cc1C(=O)Nc1cc(C(=O)O)cc(C(=O)O)c1. The number of carboxylic acid groups (broad SMARTS) is 2. The second-order valence-electron chi connectivity index (χ2n) is 4.71. The first-order valence-corrected chi connectivity index (χ1v) is 6.96. The molecule has 0 saturated heterocycles. The van der Waals surface area contributed by atoms with Crippen molar-refractivity contribution < 1.29 is 29.3 Å². The third-order valence-electron chi connectivity index (χ3n) is 3.09. The second-order valence-corrected chi connectivity index (χ2v) is 5.14. The van der Waals surface area contributed by atoms with Crippen LogP contribution in [0.1, 0.15) is 31.1 Å². The summed E-state index contributed by atoms with van der Waals surface area (Å²) < 4.78 is 5.08. The zero-order valence-electron chi connectivity index (χ0n) is 12.4. The van der Waals surface area contributed by atoms with Crippen LogP contribution in [0.4, 0.5) is 5.69 Å². The minimum Gasteiger partial charge on any atom is -0.496 e. The number of ether oxygens (including phenoxy) is 1. The van der Waals surface area contributed by atoms with Crippen molar-refractivity contribution in [2.75, 3.05) is 12.4 Å². The molecule has 0 aliphatic carbocycles. The Bertz CT molecular complexity index is 801. The van der Waals surface area contributed by atoms with Gasteiger partial charge in [0.1, 0.15) is 5.75 Å². The Labute approximate surface area is 141 Å². The van der Waals surface area contributed by atoms with Gasteiger partial charge in [0.25, 0.3) is 5.91 Å². The maximum Gasteiger partial charge on any atom is 0.335 e. The lowest BCUT2D eigenvalue weighted by molar-refractivity contribution is 0.0696. The molecule has 0 heterocycles. The molecule has 0 aliphatic rings. The van der Waals surface area contributed by atoms with Gasteiger partial charge in [0.05, 0.1) is 23.8 Å². The molecular formula is C16H12ClNO6. The number of amides is 1. The lowest BCUT2D eigenvalue weighted by Gasteiger charge is -2.11. The Morgan fingerprint density at radius 2 is 1.58 bits per heavy atom. The van der Waals surface area contributed by atoms with Crippen molar-refractivity contribution in [1.82, 2.24) is 0 Å². The van der Waals surface area contributed by atoms with E-state index in [2.05, 4.69) is 5.32 Å². The molecule has 0 bridgehead atoms. The zero-order chi connectivity index (χ0) is 17.9. The molecule has 2 aromatic rings. The number of carboxylic acids is 2. The summed E-state index contributed by atoms with van der Waals surface area (Å²) >= 11 is 5.86. The van der Waals surface area contributed by atoms with Crippen LogP contribution in [-0.4, -0.2) is 35.2 Å². The van der Waals surface area contributed by atoms with E-state index in [-0.39, 0.29) is 28.1 Å². The Hall–Kier alpha value is -3.06. The molecule has 0 aromatic heterocycles. The third kappa shape index (κ3) is 3.82. The average molecular weight is 350 g/mol. The van der Waals surface area contributed by atoms with Crippen LogP contribution in [0.25, 0.3) is 0 Å². The molecule has 2 rings (SSSR count). The molecule has 0 radical (unpaired) electrons. The zero-order valence-corrected chi connectivity index (χ0v) is 13.1. The second kappa shape index (κ2) is 7.01. The topological polar surface area (TPSA) is 113 Å². The van der Waals surface area contributed by atoms with Gasteiger partial charge < -0.3 is 20.3 Å². The molecule has 124 valence electrons. The van der Waals surface area contributed by atoms with Gasteiger partial charge in [-0.2, -0.15) is 0 Å². The highest BCUT2D eigenvalue weighted by molar-refractivity contribution is 6.31. The van der Waals surface area contributed by atoms with E-state index in [1.54, 1.807) is 6.07 Å². The van der Waals surface area contributed by atoms with Crippen LogP contribution < -0.4 is 10.1 Å². The van der Waals surface area contributed by atoms with Crippen LogP contribution in [0.5, 0.6) is 5.75 Å². The Balaban J connectivity index is 2.40. The number of nitrogens with one attached hydrogen (secondary N) is 1. The molecule has 0 fully saturated rings. The van der Waals surface area contributed by atoms with E-state index in [4.69, 9.17) is 26.6 Å². The fourth-order valence-electron chi connectivity index (χ4n) is 2.00. The fraction of sp³-hybridized carbons (Fsp3) is 0.0625. The van der Waals surface area contributed by atoms with Gasteiger partial charge in [0.15, 0.2) is 0 Å². The Morgan fingerprint density at radius 3 is 2.08 bits per heavy atom. The summed E-state index contributed by atoms with van der Waals surface area (Å²) in [6.07, 6.45) is 0. The van der Waals surface area contributed by atoms with E-state index in [1.165, 1.54) is 19.2 Å². The van der Waals surface area contributed by atoms with Crippen LogP contribution in [0, 0.1) is 0 Å². The number of aromatic carboxylic acids is 2. The highest BCUT2D eigenvalue weighted by Gasteiger charge is 2.16. The molecule has 2 aromatic carbocycles. The smallest absolute Gasteiger partial charge is 0.335 e. The molecule has 0 saturated carbocycles. The molecule has 0 atom stereocenters. The lowest BCUT2D eigenvalue weighted by atomic mass is 10.1. The van der Waals surface area contributed by atoms with Gasteiger partial charge in [-0.05, 0) is 36.4 Å². The van der Waals surface area contributed by atoms with Gasteiger partial charge in [-0.1, -0.05) is 11.6 Å². The van der Waals surface area contributed by atoms with E-state index in [9.17, 15) is 14.4 Å². The summed E-state index contributed by atoms with van der Waals surface area (Å²) in [4.78, 5) is 34.5. The summed E-state index contributed by atoms with van der Waals surface area (Å²) in [5.74, 6) is -2.97. The predicted molar refractivity (Wildman–Crippen MR) is 86.3 cm³/mol. The maximum absolute atomic E-state index is 12.4. The van der Waals surface area contributed by atoms with Gasteiger partial charge in [-0.15, -0.1) is 0 Å². The molecular weight excluding hydrogens is 338 g/mol. The predicted octanol–water partition coefficient (Wildman–Crippen LogP) is 3.00. The van der Waals surface area contributed by atoms with Crippen LogP contribution in [-0.2, 0) is 0 Å². The number of hydrogen-bond donors (Lipinski definition) is 3. The van der Waals surface area contributed by atoms with E-state index < -0.39 is 17.8 Å². The minimum absolute atomic E-state index is 0.0272. The number of anilines is 1. The third-order valence-corrected chi connectivity index (χ3v) is 3.33. The van der Waals surface area contributed by atoms with Crippen molar-refractivity contribution in [2.45, 2.75) is 0 Å². The monoisotopic (exact) mass is 349 g/mol. The van der Waals surface area contributed by atoms with Crippen LogP contribution in [0.15, 0.2) is 36.4 Å². The van der Waals surface area contributed by atoms with E-state index in [0.29, 0.717) is 5.02 Å². The van der Waals surface area contributed by atoms with Crippen LogP contribution in [0.3, 0.4) is 0 Å². The number of benzene rings is 2. The van der Waals surface area contributed by atoms with Crippen molar-refractivity contribution in [1.29, 1.82) is 0 Å². The molecule has 0 aliphatic heterocycles. The minimum atomic E-state index is -1.31. The van der Waals surface area contributed by atoms with Gasteiger partial charge in [0.2, 0.25) is 0 Å². The Kier molecular flexibility index (Phi) is 5.05. The molecule has 1 amide bonds. The fourth-order valence-corrected chi connectivity index (χ4v) is 2.17. The van der Waals surface area contributed by atoms with Crippen molar-refractivity contribution in [3.63, 3.8) is 0 Å². The summed E-state index contributed by atoms with van der Waals surface area (Å²) in [5.41, 5.74) is -0.367. The number of rotatable bonds is 5. The highest BCUT2D eigenvalue weighted by Crippen LogP contribution is 2.24. The van der Waals surface area contributed by atoms with Crippen LogP contribution >= 0.6 is 11.6 Å². The normalized spacial score (nSPS) is 10.1. The first-order valence-electron chi connectivity index (χ1n) is 6.58. The Morgan fingerprint density at radius 1 is 1.00 bits per heavy atom. The summed E-state index contributed by atoms with van der Waals surface area (Å²) in [6, 6.07) is 7.75. The molecule has 8 heteroatoms. The number of methoxy groups -OCH3 is 1. The van der Waals surface area contributed by atoms with E-state index >= 15 is 0 Å². The number of halogens is 1. The van der Waals surface area contributed by atoms with Gasteiger partial charge in [0, 0.05) is 10.7 Å². The lowest BCUT2D eigenvalue weighted by Crippen LogP contribution is -2.14. The summed E-state index contributed by atoms with van der Waals surface area (Å²) in [5, 5.41) is 20.8. The molecule has 3 N–H and O–H groups in total. The highest BCUT2D eigenvalue weighted by atomic mass is 35.5. The van der Waals surface area contributed by atoms with Crippen molar-refractivity contribution in [3.8, 4) is 5.75 Å². The first kappa shape index (κ1) is 17.3. The average Bonchev–Trinajstić information content (AvgIpc) is 2.54.